The lowest BCUT2D eigenvalue weighted by Gasteiger charge is -2.16. The molecule has 3 nitrogen and oxygen atoms in total. The van der Waals surface area contributed by atoms with Gasteiger partial charge in [0.05, 0.1) is 0 Å². The fourth-order valence-electron chi connectivity index (χ4n) is 1.17. The molecule has 84 valence electrons. The zero-order valence-corrected chi connectivity index (χ0v) is 10.1. The molecule has 0 bridgehead atoms. The smallest absolute Gasteiger partial charge is 0.221 e. The number of hydrogen-bond acceptors (Lipinski definition) is 2. The second-order valence-corrected chi connectivity index (χ2v) is 4.63. The molecule has 0 aliphatic rings. The molecule has 0 heterocycles. The number of amides is 1. The number of hydrogen-bond donors (Lipinski definition) is 2. The normalized spacial score (nSPS) is 13.4. The van der Waals surface area contributed by atoms with Gasteiger partial charge in [0, 0.05) is 18.5 Å². The minimum absolute atomic E-state index is 0.128. The molecule has 0 aliphatic carbocycles. The maximum absolute atomic E-state index is 11.4. The van der Waals surface area contributed by atoms with E-state index in [1.54, 1.807) is 0 Å². The van der Waals surface area contributed by atoms with Gasteiger partial charge in [0.25, 0.3) is 0 Å². The van der Waals surface area contributed by atoms with Crippen LogP contribution in [0.1, 0.15) is 41.0 Å². The second-order valence-electron chi connectivity index (χ2n) is 4.63. The van der Waals surface area contributed by atoms with Gasteiger partial charge in [0.15, 0.2) is 0 Å². The molecule has 1 unspecified atom stereocenters. The van der Waals surface area contributed by atoms with Crippen LogP contribution in [0.25, 0.3) is 0 Å². The summed E-state index contributed by atoms with van der Waals surface area (Å²) in [4.78, 5) is 11.4. The number of nitrogens with one attached hydrogen (secondary N) is 2. The van der Waals surface area contributed by atoms with Crippen LogP contribution < -0.4 is 10.6 Å². The molecular weight excluding hydrogens is 176 g/mol. The Bertz CT molecular complexity index is 167. The minimum Gasteiger partial charge on any atom is -0.354 e. The van der Waals surface area contributed by atoms with Crippen molar-refractivity contribution in [3.05, 3.63) is 0 Å². The highest BCUT2D eigenvalue weighted by atomic mass is 16.1. The second kappa shape index (κ2) is 6.82. The zero-order chi connectivity index (χ0) is 11.1. The highest BCUT2D eigenvalue weighted by Gasteiger charge is 2.09. The molecule has 0 aromatic heterocycles. The first-order valence-electron chi connectivity index (χ1n) is 5.44. The Balaban J connectivity index is 3.60. The van der Waals surface area contributed by atoms with Crippen LogP contribution >= 0.6 is 0 Å². The summed E-state index contributed by atoms with van der Waals surface area (Å²) in [5, 5.41) is 6.21. The van der Waals surface area contributed by atoms with E-state index in [1.165, 1.54) is 0 Å². The van der Waals surface area contributed by atoms with Crippen LogP contribution in [0, 0.1) is 5.92 Å². The molecule has 0 saturated heterocycles. The van der Waals surface area contributed by atoms with Gasteiger partial charge in [-0.15, -0.1) is 0 Å². The van der Waals surface area contributed by atoms with Gasteiger partial charge in [-0.1, -0.05) is 13.8 Å². The molecule has 0 spiro atoms. The van der Waals surface area contributed by atoms with Crippen molar-refractivity contribution >= 4 is 5.91 Å². The van der Waals surface area contributed by atoms with Crippen LogP contribution in [-0.2, 0) is 4.79 Å². The standard InChI is InChI=1S/C11H24N2O/c1-8(2)7-12-10(5)6-11(14)13-9(3)4/h8-10,12H,6-7H2,1-5H3,(H,13,14). The van der Waals surface area contributed by atoms with Crippen LogP contribution in [0.4, 0.5) is 0 Å². The molecule has 0 fully saturated rings. The molecule has 0 aromatic carbocycles. The first-order chi connectivity index (χ1) is 6.41. The topological polar surface area (TPSA) is 41.1 Å². The molecule has 0 aliphatic heterocycles. The molecule has 2 N–H and O–H groups in total. The third kappa shape index (κ3) is 8.05. The summed E-state index contributed by atoms with van der Waals surface area (Å²) >= 11 is 0. The molecule has 0 saturated carbocycles. The third-order valence-electron chi connectivity index (χ3n) is 1.82. The molecule has 1 atom stereocenters. The average Bonchev–Trinajstić information content (AvgIpc) is 1.98. The molecule has 3 heteroatoms. The fraction of sp³-hybridized carbons (Fsp3) is 0.909. The molecule has 0 rings (SSSR count). The van der Waals surface area contributed by atoms with Crippen molar-refractivity contribution in [2.45, 2.75) is 53.1 Å². The Morgan fingerprint density at radius 1 is 1.14 bits per heavy atom. The van der Waals surface area contributed by atoms with E-state index < -0.39 is 0 Å². The van der Waals surface area contributed by atoms with Gasteiger partial charge in [0.2, 0.25) is 5.91 Å². The van der Waals surface area contributed by atoms with Crippen molar-refractivity contribution < 1.29 is 4.79 Å². The van der Waals surface area contributed by atoms with Crippen molar-refractivity contribution in [1.29, 1.82) is 0 Å². The highest BCUT2D eigenvalue weighted by molar-refractivity contribution is 5.76. The minimum atomic E-state index is 0.128. The van der Waals surface area contributed by atoms with Gasteiger partial charge in [-0.05, 0) is 33.2 Å². The number of carbonyl (C=O) groups excluding carboxylic acids is 1. The van der Waals surface area contributed by atoms with E-state index in [-0.39, 0.29) is 18.0 Å². The van der Waals surface area contributed by atoms with E-state index in [1.807, 2.05) is 20.8 Å². The average molecular weight is 200 g/mol. The molecular formula is C11H24N2O. The molecule has 0 aromatic rings. The van der Waals surface area contributed by atoms with Crippen LogP contribution in [-0.4, -0.2) is 24.5 Å². The van der Waals surface area contributed by atoms with Crippen LogP contribution in [0.15, 0.2) is 0 Å². The molecule has 1 amide bonds. The van der Waals surface area contributed by atoms with Gasteiger partial charge in [-0.25, -0.2) is 0 Å². The van der Waals surface area contributed by atoms with Crippen LogP contribution in [0.2, 0.25) is 0 Å². The molecule has 0 radical (unpaired) electrons. The Labute approximate surface area is 87.6 Å². The van der Waals surface area contributed by atoms with Crippen molar-refractivity contribution in [2.24, 2.45) is 5.92 Å². The fourth-order valence-corrected chi connectivity index (χ4v) is 1.17. The first-order valence-corrected chi connectivity index (χ1v) is 5.44. The van der Waals surface area contributed by atoms with Gasteiger partial charge >= 0.3 is 0 Å². The SMILES string of the molecule is CC(C)CNC(C)CC(=O)NC(C)C. The Hall–Kier alpha value is -0.570. The van der Waals surface area contributed by atoms with Crippen molar-refractivity contribution in [2.75, 3.05) is 6.54 Å². The Morgan fingerprint density at radius 2 is 1.71 bits per heavy atom. The Kier molecular flexibility index (Phi) is 6.54. The Morgan fingerprint density at radius 3 is 2.14 bits per heavy atom. The van der Waals surface area contributed by atoms with Gasteiger partial charge in [-0.2, -0.15) is 0 Å². The third-order valence-corrected chi connectivity index (χ3v) is 1.82. The quantitative estimate of drug-likeness (QED) is 0.683. The predicted molar refractivity (Wildman–Crippen MR) is 60.2 cm³/mol. The van der Waals surface area contributed by atoms with E-state index in [4.69, 9.17) is 0 Å². The maximum atomic E-state index is 11.4. The van der Waals surface area contributed by atoms with Crippen molar-refractivity contribution in [3.8, 4) is 0 Å². The summed E-state index contributed by atoms with van der Waals surface area (Å²) in [6.07, 6.45) is 0.560. The van der Waals surface area contributed by atoms with E-state index in [0.29, 0.717) is 12.3 Å². The summed E-state index contributed by atoms with van der Waals surface area (Å²) in [7, 11) is 0. The van der Waals surface area contributed by atoms with Crippen LogP contribution in [0.3, 0.4) is 0 Å². The maximum Gasteiger partial charge on any atom is 0.221 e. The lowest BCUT2D eigenvalue weighted by Crippen LogP contribution is -2.37. The monoisotopic (exact) mass is 200 g/mol. The van der Waals surface area contributed by atoms with Gasteiger partial charge in [-0.3, -0.25) is 4.79 Å². The van der Waals surface area contributed by atoms with Gasteiger partial charge < -0.3 is 10.6 Å². The number of rotatable bonds is 6. The van der Waals surface area contributed by atoms with Crippen molar-refractivity contribution in [3.63, 3.8) is 0 Å². The highest BCUT2D eigenvalue weighted by Crippen LogP contribution is 1.94. The summed E-state index contributed by atoms with van der Waals surface area (Å²) < 4.78 is 0. The number of carbonyl (C=O) groups is 1. The summed E-state index contributed by atoms with van der Waals surface area (Å²) in [6, 6.07) is 0.496. The van der Waals surface area contributed by atoms with E-state index in [0.717, 1.165) is 6.54 Å². The predicted octanol–water partition coefficient (Wildman–Crippen LogP) is 1.54. The summed E-state index contributed by atoms with van der Waals surface area (Å²) in [5.41, 5.74) is 0. The lowest BCUT2D eigenvalue weighted by molar-refractivity contribution is -0.122. The van der Waals surface area contributed by atoms with E-state index in [9.17, 15) is 4.79 Å². The van der Waals surface area contributed by atoms with E-state index in [2.05, 4.69) is 24.5 Å². The van der Waals surface area contributed by atoms with Crippen molar-refractivity contribution in [1.82, 2.24) is 10.6 Å². The van der Waals surface area contributed by atoms with E-state index >= 15 is 0 Å². The van der Waals surface area contributed by atoms with Gasteiger partial charge in [0.1, 0.15) is 0 Å². The lowest BCUT2D eigenvalue weighted by atomic mass is 10.1. The zero-order valence-electron chi connectivity index (χ0n) is 10.1. The molecule has 14 heavy (non-hydrogen) atoms. The first kappa shape index (κ1) is 13.4. The van der Waals surface area contributed by atoms with Crippen LogP contribution in [0.5, 0.6) is 0 Å². The largest absolute Gasteiger partial charge is 0.354 e. The summed E-state index contributed by atoms with van der Waals surface area (Å²) in [5.74, 6) is 0.759. The summed E-state index contributed by atoms with van der Waals surface area (Å²) in [6.45, 7) is 11.3.